The minimum atomic E-state index is 0.0662. The monoisotopic (exact) mass is 139 g/mol. The Balaban J connectivity index is 2.18. The van der Waals surface area contributed by atoms with Crippen molar-refractivity contribution in [2.45, 2.75) is 6.42 Å². The second-order valence-electron chi connectivity index (χ2n) is 2.60. The number of amides is 1. The molecule has 0 aliphatic carbocycles. The quantitative estimate of drug-likeness (QED) is 0.456. The molecule has 0 radical (unpaired) electrons. The van der Waals surface area contributed by atoms with Crippen LogP contribution in [0.15, 0.2) is 5.10 Å². The van der Waals surface area contributed by atoms with Crippen LogP contribution in [0, 0.1) is 5.92 Å². The fraction of sp³-hybridized carbons (Fsp3) is 0.667. The van der Waals surface area contributed by atoms with E-state index >= 15 is 0 Å². The van der Waals surface area contributed by atoms with Gasteiger partial charge in [0.25, 0.3) is 0 Å². The number of hydrogen-bond acceptors (Lipinski definition) is 3. The Morgan fingerprint density at radius 3 is 3.30 bits per heavy atom. The van der Waals surface area contributed by atoms with Gasteiger partial charge in [0.15, 0.2) is 0 Å². The van der Waals surface area contributed by atoms with Crippen molar-refractivity contribution < 1.29 is 4.79 Å². The van der Waals surface area contributed by atoms with Crippen LogP contribution in [0.5, 0.6) is 0 Å². The summed E-state index contributed by atoms with van der Waals surface area (Å²) in [6.45, 7) is 1.69. The summed E-state index contributed by atoms with van der Waals surface area (Å²) in [5.74, 6) is 0.137. The topological polar surface area (TPSA) is 53.5 Å². The lowest BCUT2D eigenvalue weighted by Gasteiger charge is -2.16. The van der Waals surface area contributed by atoms with E-state index in [4.69, 9.17) is 0 Å². The van der Waals surface area contributed by atoms with Crippen LogP contribution >= 0.6 is 0 Å². The number of rotatable bonds is 0. The normalized spacial score (nSPS) is 31.0. The maximum atomic E-state index is 11.0. The maximum Gasteiger partial charge on any atom is 0.249 e. The van der Waals surface area contributed by atoms with E-state index in [2.05, 4.69) is 15.8 Å². The van der Waals surface area contributed by atoms with Crippen LogP contribution in [-0.2, 0) is 4.79 Å². The van der Waals surface area contributed by atoms with Gasteiger partial charge in [0.1, 0.15) is 0 Å². The molecule has 0 saturated carbocycles. The predicted molar refractivity (Wildman–Crippen MR) is 36.6 cm³/mol. The summed E-state index contributed by atoms with van der Waals surface area (Å²) in [6, 6.07) is 0. The first-order valence-corrected chi connectivity index (χ1v) is 3.45. The molecule has 2 aliphatic rings. The largest absolute Gasteiger partial charge is 0.311 e. The van der Waals surface area contributed by atoms with Crippen LogP contribution in [0.1, 0.15) is 6.42 Å². The predicted octanol–water partition coefficient (Wildman–Crippen LogP) is -0.918. The summed E-state index contributed by atoms with van der Waals surface area (Å²) in [6.07, 6.45) is 0.894. The summed E-state index contributed by atoms with van der Waals surface area (Å²) in [4.78, 5) is 11.0. The first-order chi connectivity index (χ1) is 4.88. The molecule has 1 saturated heterocycles. The van der Waals surface area contributed by atoms with Crippen molar-refractivity contribution >= 4 is 11.6 Å². The summed E-state index contributed by atoms with van der Waals surface area (Å²) < 4.78 is 0. The van der Waals surface area contributed by atoms with E-state index < -0.39 is 0 Å². The van der Waals surface area contributed by atoms with Gasteiger partial charge in [-0.15, -0.1) is 0 Å². The molecule has 2 rings (SSSR count). The van der Waals surface area contributed by atoms with Crippen LogP contribution in [0.2, 0.25) is 0 Å². The lowest BCUT2D eigenvalue weighted by molar-refractivity contribution is -0.122. The zero-order valence-corrected chi connectivity index (χ0v) is 5.55. The highest BCUT2D eigenvalue weighted by Gasteiger charge is 2.31. The Morgan fingerprint density at radius 2 is 2.50 bits per heavy atom. The van der Waals surface area contributed by atoms with Gasteiger partial charge in [-0.25, -0.2) is 5.43 Å². The summed E-state index contributed by atoms with van der Waals surface area (Å²) in [7, 11) is 0. The number of fused-ring (bicyclic) bond motifs is 1. The van der Waals surface area contributed by atoms with Crippen LogP contribution in [0.25, 0.3) is 0 Å². The molecule has 1 amide bonds. The lowest BCUT2D eigenvalue weighted by Crippen LogP contribution is -2.38. The Morgan fingerprint density at radius 1 is 1.60 bits per heavy atom. The number of hydrogen-bond donors (Lipinski definition) is 2. The van der Waals surface area contributed by atoms with Crippen LogP contribution in [0.3, 0.4) is 0 Å². The minimum absolute atomic E-state index is 0.0662. The Kier molecular flexibility index (Phi) is 1.20. The van der Waals surface area contributed by atoms with E-state index in [9.17, 15) is 4.79 Å². The van der Waals surface area contributed by atoms with Gasteiger partial charge in [-0.3, -0.25) is 4.79 Å². The summed E-state index contributed by atoms with van der Waals surface area (Å²) in [5, 5.41) is 7.05. The smallest absolute Gasteiger partial charge is 0.249 e. The van der Waals surface area contributed by atoms with E-state index in [1.807, 2.05) is 0 Å². The van der Waals surface area contributed by atoms with Crippen molar-refractivity contribution in [2.75, 3.05) is 13.1 Å². The third kappa shape index (κ3) is 0.724. The fourth-order valence-corrected chi connectivity index (χ4v) is 1.36. The van der Waals surface area contributed by atoms with E-state index in [1.54, 1.807) is 0 Å². The van der Waals surface area contributed by atoms with Gasteiger partial charge in [-0.2, -0.15) is 5.10 Å². The van der Waals surface area contributed by atoms with E-state index in [1.165, 1.54) is 0 Å². The second-order valence-corrected chi connectivity index (χ2v) is 2.60. The van der Waals surface area contributed by atoms with Gasteiger partial charge in [-0.05, 0) is 13.0 Å². The summed E-state index contributed by atoms with van der Waals surface area (Å²) >= 11 is 0. The molecule has 1 unspecified atom stereocenters. The molecule has 1 atom stereocenters. The van der Waals surface area contributed by atoms with Crippen LogP contribution in [-0.4, -0.2) is 24.7 Å². The molecule has 0 aromatic carbocycles. The molecule has 10 heavy (non-hydrogen) atoms. The van der Waals surface area contributed by atoms with Crippen molar-refractivity contribution in [3.63, 3.8) is 0 Å². The number of hydrazone groups is 1. The Hall–Kier alpha value is -0.900. The highest BCUT2D eigenvalue weighted by Crippen LogP contribution is 2.13. The number of nitrogens with one attached hydrogen (secondary N) is 2. The van der Waals surface area contributed by atoms with Gasteiger partial charge in [0.05, 0.1) is 11.6 Å². The standard InChI is InChI=1S/C6H9N3O/c10-6-4-1-2-7-3-5(4)8-9-6/h4,7H,1-3H2,(H,9,10). The van der Waals surface area contributed by atoms with E-state index in [-0.39, 0.29) is 11.8 Å². The van der Waals surface area contributed by atoms with Crippen molar-refractivity contribution in [3.8, 4) is 0 Å². The van der Waals surface area contributed by atoms with E-state index in [0.717, 1.165) is 25.2 Å². The average Bonchev–Trinajstić information content (AvgIpc) is 2.34. The second kappa shape index (κ2) is 2.05. The zero-order chi connectivity index (χ0) is 6.97. The molecule has 0 bridgehead atoms. The minimum Gasteiger partial charge on any atom is -0.311 e. The molecule has 2 heterocycles. The van der Waals surface area contributed by atoms with Crippen molar-refractivity contribution in [3.05, 3.63) is 0 Å². The van der Waals surface area contributed by atoms with Gasteiger partial charge >= 0.3 is 0 Å². The molecular weight excluding hydrogens is 130 g/mol. The van der Waals surface area contributed by atoms with E-state index in [0.29, 0.717) is 0 Å². The molecule has 4 heteroatoms. The number of nitrogens with zero attached hydrogens (tertiary/aromatic N) is 1. The molecular formula is C6H9N3O. The maximum absolute atomic E-state index is 11.0. The highest BCUT2D eigenvalue weighted by molar-refractivity contribution is 6.09. The first kappa shape index (κ1) is 5.85. The van der Waals surface area contributed by atoms with Crippen molar-refractivity contribution in [1.82, 2.24) is 10.7 Å². The molecule has 54 valence electrons. The SMILES string of the molecule is O=C1NN=C2CNCCC12. The third-order valence-corrected chi connectivity index (χ3v) is 1.94. The number of piperidine rings is 1. The third-order valence-electron chi connectivity index (χ3n) is 1.94. The zero-order valence-electron chi connectivity index (χ0n) is 5.55. The molecule has 0 spiro atoms. The van der Waals surface area contributed by atoms with Gasteiger partial charge in [0.2, 0.25) is 5.91 Å². The molecule has 2 N–H and O–H groups in total. The number of carbonyl (C=O) groups is 1. The van der Waals surface area contributed by atoms with Gasteiger partial charge in [-0.1, -0.05) is 0 Å². The molecule has 1 fully saturated rings. The van der Waals surface area contributed by atoms with Crippen molar-refractivity contribution in [1.29, 1.82) is 0 Å². The Labute approximate surface area is 58.7 Å². The highest BCUT2D eigenvalue weighted by atomic mass is 16.2. The Bertz CT molecular complexity index is 199. The van der Waals surface area contributed by atoms with Crippen LogP contribution in [0.4, 0.5) is 0 Å². The average molecular weight is 139 g/mol. The van der Waals surface area contributed by atoms with Crippen molar-refractivity contribution in [2.24, 2.45) is 11.0 Å². The number of carbonyl (C=O) groups excluding carboxylic acids is 1. The lowest BCUT2D eigenvalue weighted by atomic mass is 9.97. The van der Waals surface area contributed by atoms with Gasteiger partial charge in [0, 0.05) is 6.54 Å². The molecule has 2 aliphatic heterocycles. The van der Waals surface area contributed by atoms with Crippen LogP contribution < -0.4 is 10.7 Å². The van der Waals surface area contributed by atoms with Gasteiger partial charge < -0.3 is 5.32 Å². The molecule has 0 aromatic heterocycles. The first-order valence-electron chi connectivity index (χ1n) is 3.45. The fourth-order valence-electron chi connectivity index (χ4n) is 1.36. The molecule has 0 aromatic rings. The summed E-state index contributed by atoms with van der Waals surface area (Å²) in [5.41, 5.74) is 3.44. The molecule has 4 nitrogen and oxygen atoms in total.